The topological polar surface area (TPSA) is 70.4 Å². The van der Waals surface area contributed by atoms with Crippen molar-refractivity contribution in [1.29, 1.82) is 0 Å². The Balaban J connectivity index is 1.84. The molecule has 30 heavy (non-hydrogen) atoms. The number of fused-ring (bicyclic) bond motifs is 1. The van der Waals surface area contributed by atoms with Crippen molar-refractivity contribution >= 4 is 27.5 Å². The first-order valence-electron chi connectivity index (χ1n) is 9.92. The third-order valence-corrected chi connectivity index (χ3v) is 5.73. The average molecular weight is 433 g/mol. The van der Waals surface area contributed by atoms with Crippen LogP contribution in [-0.2, 0) is 20.8 Å². The predicted octanol–water partition coefficient (Wildman–Crippen LogP) is 4.24. The molecule has 0 radical (unpaired) electrons. The third kappa shape index (κ3) is 4.94. The van der Waals surface area contributed by atoms with E-state index in [0.29, 0.717) is 29.3 Å². The minimum atomic E-state index is -0.518. The molecule has 6 nitrogen and oxygen atoms in total. The van der Waals surface area contributed by atoms with E-state index in [1.165, 1.54) is 28.0 Å². The lowest BCUT2D eigenvalue weighted by atomic mass is 10.0. The lowest BCUT2D eigenvalue weighted by molar-refractivity contribution is -0.146. The highest BCUT2D eigenvalue weighted by atomic mass is 32.1. The molecule has 0 aliphatic carbocycles. The van der Waals surface area contributed by atoms with Crippen molar-refractivity contribution < 1.29 is 18.7 Å². The molecule has 3 aromatic rings. The highest BCUT2D eigenvalue weighted by Crippen LogP contribution is 2.35. The van der Waals surface area contributed by atoms with Gasteiger partial charge in [-0.3, -0.25) is 14.2 Å². The van der Waals surface area contributed by atoms with Crippen LogP contribution in [0.5, 0.6) is 0 Å². The van der Waals surface area contributed by atoms with E-state index >= 15 is 0 Å². The van der Waals surface area contributed by atoms with E-state index in [0.717, 1.165) is 28.8 Å². The molecule has 0 bridgehead atoms. The smallest absolute Gasteiger partial charge is 0.326 e. The molecule has 3 rings (SSSR count). The van der Waals surface area contributed by atoms with Crippen molar-refractivity contribution in [2.75, 3.05) is 19.8 Å². The van der Waals surface area contributed by atoms with E-state index in [2.05, 4.69) is 11.9 Å². The summed E-state index contributed by atoms with van der Waals surface area (Å²) < 4.78 is 25.2. The van der Waals surface area contributed by atoms with Crippen molar-refractivity contribution in [3.8, 4) is 11.1 Å². The number of halogens is 1. The summed E-state index contributed by atoms with van der Waals surface area (Å²) in [4.78, 5) is 31.5. The van der Waals surface area contributed by atoms with Crippen molar-refractivity contribution in [1.82, 2.24) is 9.55 Å². The Hall–Kier alpha value is -2.58. The SMILES string of the molecule is CCCCOCCOC(=O)Cn1c(C)nc2sc(C)c(-c3ccc(F)cc3)c2c1=O. The van der Waals surface area contributed by atoms with Gasteiger partial charge in [-0.15, -0.1) is 11.3 Å². The number of unbranched alkanes of at least 4 members (excludes halogenated alkanes) is 1. The molecular formula is C22H25FN2O4S. The summed E-state index contributed by atoms with van der Waals surface area (Å²) >= 11 is 1.41. The van der Waals surface area contributed by atoms with E-state index in [-0.39, 0.29) is 24.5 Å². The van der Waals surface area contributed by atoms with Crippen LogP contribution in [0.15, 0.2) is 29.1 Å². The molecule has 0 spiro atoms. The molecule has 0 fully saturated rings. The Kier molecular flexibility index (Phi) is 7.33. The minimum Gasteiger partial charge on any atom is -0.462 e. The van der Waals surface area contributed by atoms with Crippen LogP contribution in [0.3, 0.4) is 0 Å². The van der Waals surface area contributed by atoms with Gasteiger partial charge in [0.15, 0.2) is 0 Å². The van der Waals surface area contributed by atoms with Crippen LogP contribution in [0.4, 0.5) is 4.39 Å². The zero-order valence-electron chi connectivity index (χ0n) is 17.4. The minimum absolute atomic E-state index is 0.143. The van der Waals surface area contributed by atoms with E-state index in [9.17, 15) is 14.0 Å². The Morgan fingerprint density at radius 1 is 1.17 bits per heavy atom. The number of rotatable bonds is 9. The maximum absolute atomic E-state index is 13.3. The number of aromatic nitrogens is 2. The maximum atomic E-state index is 13.3. The second-order valence-electron chi connectivity index (χ2n) is 6.96. The number of ether oxygens (including phenoxy) is 2. The highest BCUT2D eigenvalue weighted by molar-refractivity contribution is 7.19. The molecule has 1 aromatic carbocycles. The monoisotopic (exact) mass is 432 g/mol. The molecule has 0 saturated carbocycles. The standard InChI is InChI=1S/C22H25FN2O4S/c1-4-5-10-28-11-12-29-18(26)13-25-15(3)24-21-20(22(25)27)19(14(2)30-21)16-6-8-17(23)9-7-16/h6-9H,4-5,10-13H2,1-3H3. The third-order valence-electron chi connectivity index (χ3n) is 4.73. The normalized spacial score (nSPS) is 11.2. The average Bonchev–Trinajstić information content (AvgIpc) is 3.04. The number of thiophene rings is 1. The number of hydrogen-bond donors (Lipinski definition) is 0. The molecule has 8 heteroatoms. The van der Waals surface area contributed by atoms with Gasteiger partial charge in [-0.2, -0.15) is 0 Å². The van der Waals surface area contributed by atoms with E-state index < -0.39 is 5.97 Å². The molecule has 160 valence electrons. The number of esters is 1. The molecule has 0 atom stereocenters. The molecule has 0 saturated heterocycles. The summed E-state index contributed by atoms with van der Waals surface area (Å²) in [5.41, 5.74) is 1.15. The van der Waals surface area contributed by atoms with Crippen molar-refractivity contribution in [3.05, 3.63) is 51.1 Å². The number of benzene rings is 1. The molecule has 2 aromatic heterocycles. The Morgan fingerprint density at radius 2 is 1.90 bits per heavy atom. The zero-order chi connectivity index (χ0) is 21.7. The van der Waals surface area contributed by atoms with Crippen LogP contribution < -0.4 is 5.56 Å². The van der Waals surface area contributed by atoms with Gasteiger partial charge in [0.2, 0.25) is 0 Å². The van der Waals surface area contributed by atoms with E-state index in [4.69, 9.17) is 9.47 Å². The summed E-state index contributed by atoms with van der Waals surface area (Å²) in [5, 5.41) is 0.436. The molecule has 0 N–H and O–H groups in total. The highest BCUT2D eigenvalue weighted by Gasteiger charge is 2.20. The van der Waals surface area contributed by atoms with Gasteiger partial charge < -0.3 is 9.47 Å². The summed E-state index contributed by atoms with van der Waals surface area (Å²) in [5.74, 6) is -0.421. The van der Waals surface area contributed by atoms with Gasteiger partial charge in [-0.1, -0.05) is 25.5 Å². The number of carbonyl (C=O) groups is 1. The van der Waals surface area contributed by atoms with Gasteiger partial charge in [-0.05, 0) is 38.0 Å². The first-order chi connectivity index (χ1) is 14.4. The predicted molar refractivity (Wildman–Crippen MR) is 115 cm³/mol. The fourth-order valence-corrected chi connectivity index (χ4v) is 4.27. The Bertz CT molecular complexity index is 1090. The fraction of sp³-hybridized carbons (Fsp3) is 0.409. The van der Waals surface area contributed by atoms with Gasteiger partial charge in [0, 0.05) is 17.0 Å². The largest absolute Gasteiger partial charge is 0.462 e. The van der Waals surface area contributed by atoms with Crippen LogP contribution in [0.25, 0.3) is 21.3 Å². The lowest BCUT2D eigenvalue weighted by Gasteiger charge is -2.10. The summed E-state index contributed by atoms with van der Waals surface area (Å²) in [7, 11) is 0. The van der Waals surface area contributed by atoms with Crippen LogP contribution in [0, 0.1) is 19.7 Å². The van der Waals surface area contributed by atoms with Crippen LogP contribution in [-0.4, -0.2) is 35.3 Å². The Labute approximate surface area is 178 Å². The van der Waals surface area contributed by atoms with Gasteiger partial charge in [0.05, 0.1) is 12.0 Å². The fourth-order valence-electron chi connectivity index (χ4n) is 3.18. The maximum Gasteiger partial charge on any atom is 0.326 e. The molecule has 0 aliphatic heterocycles. The molecule has 0 aliphatic rings. The second kappa shape index (κ2) is 9.95. The van der Waals surface area contributed by atoms with E-state index in [1.54, 1.807) is 19.1 Å². The lowest BCUT2D eigenvalue weighted by Crippen LogP contribution is -2.28. The first-order valence-corrected chi connectivity index (χ1v) is 10.7. The van der Waals surface area contributed by atoms with Crippen molar-refractivity contribution in [2.24, 2.45) is 0 Å². The van der Waals surface area contributed by atoms with Gasteiger partial charge in [0.1, 0.15) is 29.6 Å². The van der Waals surface area contributed by atoms with Crippen LogP contribution in [0.2, 0.25) is 0 Å². The van der Waals surface area contributed by atoms with Gasteiger partial charge in [-0.25, -0.2) is 9.37 Å². The quantitative estimate of drug-likeness (QED) is 0.374. The number of carbonyl (C=O) groups excluding carboxylic acids is 1. The zero-order valence-corrected chi connectivity index (χ0v) is 18.2. The van der Waals surface area contributed by atoms with Crippen molar-refractivity contribution in [3.63, 3.8) is 0 Å². The van der Waals surface area contributed by atoms with Gasteiger partial charge in [0.25, 0.3) is 5.56 Å². The van der Waals surface area contributed by atoms with E-state index in [1.807, 2.05) is 6.92 Å². The van der Waals surface area contributed by atoms with Crippen LogP contribution >= 0.6 is 11.3 Å². The number of aryl methyl sites for hydroxylation is 2. The second-order valence-corrected chi connectivity index (χ2v) is 8.16. The first kappa shape index (κ1) is 22.1. The van der Waals surface area contributed by atoms with Gasteiger partial charge >= 0.3 is 5.97 Å². The Morgan fingerprint density at radius 3 is 2.60 bits per heavy atom. The number of nitrogens with zero attached hydrogens (tertiary/aromatic N) is 2. The summed E-state index contributed by atoms with van der Waals surface area (Å²) in [6.07, 6.45) is 2.00. The van der Waals surface area contributed by atoms with Crippen LogP contribution in [0.1, 0.15) is 30.5 Å². The molecular weight excluding hydrogens is 407 g/mol. The summed E-state index contributed by atoms with van der Waals surface area (Å²) in [6.45, 7) is 6.55. The van der Waals surface area contributed by atoms with Crippen molar-refractivity contribution in [2.45, 2.75) is 40.2 Å². The molecule has 2 heterocycles. The molecule has 0 unspecified atom stereocenters. The summed E-state index contributed by atoms with van der Waals surface area (Å²) in [6, 6.07) is 6.00. The number of hydrogen-bond acceptors (Lipinski definition) is 6. The molecule has 0 amide bonds.